The van der Waals surface area contributed by atoms with Crippen LogP contribution in [0.5, 0.6) is 0 Å². The van der Waals surface area contributed by atoms with Gasteiger partial charge in [0.05, 0.1) is 6.54 Å². The van der Waals surface area contributed by atoms with Gasteiger partial charge in [0.2, 0.25) is 5.91 Å². The van der Waals surface area contributed by atoms with E-state index in [0.29, 0.717) is 6.42 Å². The zero-order valence-corrected chi connectivity index (χ0v) is 19.3. The molecule has 3 N–H and O–H groups in total. The molecular formula is C26H27N3O6. The molecule has 1 aromatic heterocycles. The highest BCUT2D eigenvalue weighted by molar-refractivity contribution is 5.86. The predicted molar refractivity (Wildman–Crippen MR) is 127 cm³/mol. The molecular weight excluding hydrogens is 450 g/mol. The van der Waals surface area contributed by atoms with Gasteiger partial charge in [0, 0.05) is 12.0 Å². The molecule has 1 unspecified atom stereocenters. The van der Waals surface area contributed by atoms with Crippen molar-refractivity contribution in [2.45, 2.75) is 44.7 Å². The highest BCUT2D eigenvalue weighted by Crippen LogP contribution is 2.44. The molecule has 0 aliphatic heterocycles. The van der Waals surface area contributed by atoms with Crippen molar-refractivity contribution in [1.29, 1.82) is 0 Å². The van der Waals surface area contributed by atoms with Gasteiger partial charge in [-0.15, -0.1) is 0 Å². The van der Waals surface area contributed by atoms with Crippen LogP contribution in [-0.2, 0) is 16.1 Å². The first-order chi connectivity index (χ1) is 17.0. The molecule has 0 saturated heterocycles. The van der Waals surface area contributed by atoms with Crippen LogP contribution in [0.4, 0.5) is 4.79 Å². The number of ether oxygens (including phenoxy) is 1. The number of alkyl carbamates (subject to hydrolysis) is 1. The first kappa shape index (κ1) is 24.0. The van der Waals surface area contributed by atoms with E-state index >= 15 is 0 Å². The molecule has 4 rings (SSSR count). The summed E-state index contributed by atoms with van der Waals surface area (Å²) in [6, 6.07) is 16.6. The van der Waals surface area contributed by atoms with Crippen molar-refractivity contribution in [3.05, 3.63) is 77.2 Å². The Kier molecular flexibility index (Phi) is 7.45. The molecule has 35 heavy (non-hydrogen) atoms. The van der Waals surface area contributed by atoms with E-state index in [0.717, 1.165) is 35.1 Å². The molecule has 0 radical (unpaired) electrons. The topological polar surface area (TPSA) is 131 Å². The molecule has 0 spiro atoms. The van der Waals surface area contributed by atoms with E-state index in [-0.39, 0.29) is 30.5 Å². The van der Waals surface area contributed by atoms with Gasteiger partial charge in [0.15, 0.2) is 11.5 Å². The summed E-state index contributed by atoms with van der Waals surface area (Å²) < 4.78 is 10.5. The van der Waals surface area contributed by atoms with E-state index in [1.54, 1.807) is 0 Å². The summed E-state index contributed by atoms with van der Waals surface area (Å²) in [5.74, 6) is -1.51. The molecule has 1 aliphatic rings. The van der Waals surface area contributed by atoms with Crippen LogP contribution in [-0.4, -0.2) is 40.9 Å². The Bertz CT molecular complexity index is 1180. The summed E-state index contributed by atoms with van der Waals surface area (Å²) in [7, 11) is 0. The number of carboxylic acids is 1. The van der Waals surface area contributed by atoms with Crippen molar-refractivity contribution in [3.63, 3.8) is 0 Å². The van der Waals surface area contributed by atoms with Crippen molar-refractivity contribution in [2.24, 2.45) is 0 Å². The third-order valence-corrected chi connectivity index (χ3v) is 6.01. The second kappa shape index (κ2) is 10.9. The fourth-order valence-corrected chi connectivity index (χ4v) is 4.25. The molecule has 1 aliphatic carbocycles. The van der Waals surface area contributed by atoms with Crippen molar-refractivity contribution in [2.75, 3.05) is 6.61 Å². The number of rotatable bonds is 10. The van der Waals surface area contributed by atoms with Crippen LogP contribution in [0.2, 0.25) is 0 Å². The SMILES string of the molecule is CCCCC(NC(=O)OCC1c2ccccc2-c2ccccc21)C(=O)NCc1cc(C(=O)O)no1. The number of hydrogen-bond donors (Lipinski definition) is 3. The number of carboxylic acid groups (broad SMARTS) is 1. The number of carbonyl (C=O) groups is 3. The highest BCUT2D eigenvalue weighted by atomic mass is 16.5. The number of benzene rings is 2. The first-order valence-electron chi connectivity index (χ1n) is 11.6. The van der Waals surface area contributed by atoms with E-state index < -0.39 is 24.0 Å². The predicted octanol–water partition coefficient (Wildman–Crippen LogP) is 4.09. The Balaban J connectivity index is 1.36. The number of amides is 2. The molecule has 2 aromatic carbocycles. The lowest BCUT2D eigenvalue weighted by Gasteiger charge is -2.19. The van der Waals surface area contributed by atoms with Crippen molar-refractivity contribution in [3.8, 4) is 11.1 Å². The first-order valence-corrected chi connectivity index (χ1v) is 11.6. The second-order valence-electron chi connectivity index (χ2n) is 8.37. The molecule has 9 heteroatoms. The average molecular weight is 478 g/mol. The second-order valence-corrected chi connectivity index (χ2v) is 8.37. The lowest BCUT2D eigenvalue weighted by atomic mass is 9.98. The molecule has 1 heterocycles. The van der Waals surface area contributed by atoms with Gasteiger partial charge in [-0.2, -0.15) is 0 Å². The van der Waals surface area contributed by atoms with Crippen LogP contribution in [0.15, 0.2) is 59.1 Å². The van der Waals surface area contributed by atoms with E-state index in [4.69, 9.17) is 14.4 Å². The summed E-state index contributed by atoms with van der Waals surface area (Å²) in [5.41, 5.74) is 4.24. The van der Waals surface area contributed by atoms with Gasteiger partial charge in [-0.1, -0.05) is 73.5 Å². The third kappa shape index (κ3) is 5.51. The molecule has 0 bridgehead atoms. The number of aromatic nitrogens is 1. The van der Waals surface area contributed by atoms with E-state index in [1.165, 1.54) is 6.07 Å². The maximum atomic E-state index is 12.7. The van der Waals surface area contributed by atoms with Crippen molar-refractivity contribution < 1.29 is 28.8 Å². The summed E-state index contributed by atoms with van der Waals surface area (Å²) in [6.45, 7) is 2.09. The summed E-state index contributed by atoms with van der Waals surface area (Å²) in [4.78, 5) is 36.3. The number of aromatic carboxylic acids is 1. The zero-order valence-electron chi connectivity index (χ0n) is 19.3. The molecule has 0 fully saturated rings. The maximum absolute atomic E-state index is 12.7. The average Bonchev–Trinajstić information content (AvgIpc) is 3.47. The molecule has 0 saturated carbocycles. The Labute approximate surface area is 202 Å². The molecule has 3 aromatic rings. The van der Waals surface area contributed by atoms with Gasteiger partial charge in [-0.3, -0.25) is 4.79 Å². The number of nitrogens with one attached hydrogen (secondary N) is 2. The largest absolute Gasteiger partial charge is 0.476 e. The standard InChI is InChI=1S/C26H27N3O6/c1-2-3-12-22(24(30)27-14-16-13-23(25(31)32)29-35-16)28-26(33)34-15-21-19-10-6-4-8-17(19)18-9-5-7-11-20(18)21/h4-11,13,21-22H,2-3,12,14-15H2,1H3,(H,27,30)(H,28,33)(H,31,32). The molecule has 2 amide bonds. The van der Waals surface area contributed by atoms with Crippen LogP contribution < -0.4 is 10.6 Å². The van der Waals surface area contributed by atoms with Crippen LogP contribution in [0.25, 0.3) is 11.1 Å². The van der Waals surface area contributed by atoms with Crippen LogP contribution in [0, 0.1) is 0 Å². The summed E-state index contributed by atoms with van der Waals surface area (Å²) in [6.07, 6.45) is 1.34. The summed E-state index contributed by atoms with van der Waals surface area (Å²) >= 11 is 0. The monoisotopic (exact) mass is 477 g/mol. The Morgan fingerprint density at radius 3 is 2.34 bits per heavy atom. The minimum atomic E-state index is -1.22. The Hall–Kier alpha value is -4.14. The quantitative estimate of drug-likeness (QED) is 0.401. The lowest BCUT2D eigenvalue weighted by Crippen LogP contribution is -2.46. The number of fused-ring (bicyclic) bond motifs is 3. The Morgan fingerprint density at radius 2 is 1.74 bits per heavy atom. The van der Waals surface area contributed by atoms with Gasteiger partial charge in [0.25, 0.3) is 0 Å². The number of nitrogens with zero attached hydrogens (tertiary/aromatic N) is 1. The number of unbranched alkanes of at least 4 members (excludes halogenated alkanes) is 1. The highest BCUT2D eigenvalue weighted by Gasteiger charge is 2.29. The van der Waals surface area contributed by atoms with Gasteiger partial charge >= 0.3 is 12.1 Å². The number of hydrogen-bond acceptors (Lipinski definition) is 6. The molecule has 182 valence electrons. The fourth-order valence-electron chi connectivity index (χ4n) is 4.25. The fraction of sp³-hybridized carbons (Fsp3) is 0.308. The molecule has 9 nitrogen and oxygen atoms in total. The smallest absolute Gasteiger partial charge is 0.407 e. The maximum Gasteiger partial charge on any atom is 0.407 e. The normalized spacial score (nSPS) is 12.9. The lowest BCUT2D eigenvalue weighted by molar-refractivity contribution is -0.123. The third-order valence-electron chi connectivity index (χ3n) is 6.01. The minimum Gasteiger partial charge on any atom is -0.476 e. The van der Waals surface area contributed by atoms with E-state index in [2.05, 4.69) is 27.9 Å². The number of carbonyl (C=O) groups excluding carboxylic acids is 2. The van der Waals surface area contributed by atoms with Crippen LogP contribution >= 0.6 is 0 Å². The van der Waals surface area contributed by atoms with Gasteiger partial charge in [-0.05, 0) is 28.7 Å². The van der Waals surface area contributed by atoms with Crippen LogP contribution in [0.1, 0.15) is 59.5 Å². The van der Waals surface area contributed by atoms with Crippen molar-refractivity contribution >= 4 is 18.0 Å². The van der Waals surface area contributed by atoms with Crippen LogP contribution in [0.3, 0.4) is 0 Å². The van der Waals surface area contributed by atoms with Crippen molar-refractivity contribution in [1.82, 2.24) is 15.8 Å². The van der Waals surface area contributed by atoms with E-state index in [1.807, 2.05) is 43.3 Å². The summed E-state index contributed by atoms with van der Waals surface area (Å²) in [5, 5.41) is 17.7. The van der Waals surface area contributed by atoms with Gasteiger partial charge in [0.1, 0.15) is 12.6 Å². The van der Waals surface area contributed by atoms with Gasteiger partial charge < -0.3 is 25.0 Å². The zero-order chi connectivity index (χ0) is 24.8. The van der Waals surface area contributed by atoms with Gasteiger partial charge in [-0.25, -0.2) is 9.59 Å². The molecule has 1 atom stereocenters. The Morgan fingerprint density at radius 1 is 1.09 bits per heavy atom. The van der Waals surface area contributed by atoms with E-state index in [9.17, 15) is 14.4 Å². The minimum absolute atomic E-state index is 0.0475.